The van der Waals surface area contributed by atoms with Crippen molar-refractivity contribution in [3.63, 3.8) is 0 Å². The van der Waals surface area contributed by atoms with Gasteiger partial charge in [0.1, 0.15) is 5.75 Å². The van der Waals surface area contributed by atoms with E-state index in [1.807, 2.05) is 0 Å². The van der Waals surface area contributed by atoms with Gasteiger partial charge >= 0.3 is 6.61 Å². The summed E-state index contributed by atoms with van der Waals surface area (Å²) in [4.78, 5) is 12.0. The van der Waals surface area contributed by atoms with Gasteiger partial charge in [0.25, 0.3) is 5.91 Å². The number of rotatable bonds is 5. The maximum atomic E-state index is 12.0. The highest BCUT2D eigenvalue weighted by atomic mass is 19.3. The minimum atomic E-state index is -2.86. The van der Waals surface area contributed by atoms with E-state index in [2.05, 4.69) is 22.3 Å². The van der Waals surface area contributed by atoms with Crippen molar-refractivity contribution < 1.29 is 18.3 Å². The van der Waals surface area contributed by atoms with E-state index in [1.165, 1.54) is 24.3 Å². The van der Waals surface area contributed by atoms with Gasteiger partial charge in [0, 0.05) is 12.1 Å². The largest absolute Gasteiger partial charge is 0.435 e. The van der Waals surface area contributed by atoms with E-state index in [-0.39, 0.29) is 17.1 Å². The molecule has 21 heavy (non-hydrogen) atoms. The Morgan fingerprint density at radius 2 is 1.95 bits per heavy atom. The van der Waals surface area contributed by atoms with E-state index < -0.39 is 6.61 Å². The summed E-state index contributed by atoms with van der Waals surface area (Å²) in [5, 5.41) is 6.21. The van der Waals surface area contributed by atoms with E-state index >= 15 is 0 Å². The van der Waals surface area contributed by atoms with Crippen molar-refractivity contribution in [3.8, 4) is 5.75 Å². The lowest BCUT2D eigenvalue weighted by Gasteiger charge is -2.34. The highest BCUT2D eigenvalue weighted by Crippen LogP contribution is 2.26. The van der Waals surface area contributed by atoms with Crippen molar-refractivity contribution in [2.45, 2.75) is 26.4 Å². The average Bonchev–Trinajstić information content (AvgIpc) is 2.46. The molecule has 0 aromatic heterocycles. The molecule has 0 saturated carbocycles. The fourth-order valence-corrected chi connectivity index (χ4v) is 2.39. The minimum Gasteiger partial charge on any atom is -0.435 e. The lowest BCUT2D eigenvalue weighted by molar-refractivity contribution is -0.0498. The summed E-state index contributed by atoms with van der Waals surface area (Å²) in [7, 11) is 0. The molecule has 2 rings (SSSR count). The summed E-state index contributed by atoms with van der Waals surface area (Å²) in [5.74, 6) is -0.148. The maximum absolute atomic E-state index is 12.0. The Hall–Kier alpha value is -1.69. The third-order valence-electron chi connectivity index (χ3n) is 3.83. The molecule has 2 N–H and O–H groups in total. The quantitative estimate of drug-likeness (QED) is 0.877. The van der Waals surface area contributed by atoms with Gasteiger partial charge in [0.15, 0.2) is 0 Å². The zero-order valence-corrected chi connectivity index (χ0v) is 12.0. The van der Waals surface area contributed by atoms with E-state index in [0.29, 0.717) is 12.1 Å². The van der Waals surface area contributed by atoms with Gasteiger partial charge in [0.2, 0.25) is 0 Å². The van der Waals surface area contributed by atoms with Gasteiger partial charge in [-0.1, -0.05) is 6.92 Å². The standard InChI is InChI=1S/C15H20F2N2O2/c1-15(6-8-18-9-7-15)10-19-13(20)11-2-4-12(5-3-11)21-14(16)17/h2-5,14,18H,6-10H2,1H3,(H,19,20). The van der Waals surface area contributed by atoms with Crippen LogP contribution in [0.4, 0.5) is 8.78 Å². The highest BCUT2D eigenvalue weighted by molar-refractivity contribution is 5.94. The van der Waals surface area contributed by atoms with Gasteiger partial charge in [-0.2, -0.15) is 8.78 Å². The predicted molar refractivity (Wildman–Crippen MR) is 75.6 cm³/mol. The Bertz CT molecular complexity index is 471. The molecule has 1 aromatic carbocycles. The van der Waals surface area contributed by atoms with Crippen LogP contribution in [0.25, 0.3) is 0 Å². The molecule has 0 bridgehead atoms. The van der Waals surface area contributed by atoms with Crippen LogP contribution >= 0.6 is 0 Å². The predicted octanol–water partition coefficient (Wildman–Crippen LogP) is 2.41. The van der Waals surface area contributed by atoms with E-state index in [4.69, 9.17) is 0 Å². The van der Waals surface area contributed by atoms with Crippen LogP contribution in [0.5, 0.6) is 5.75 Å². The van der Waals surface area contributed by atoms with E-state index in [1.54, 1.807) is 0 Å². The summed E-state index contributed by atoms with van der Waals surface area (Å²) >= 11 is 0. The average molecular weight is 298 g/mol. The van der Waals surface area contributed by atoms with Crippen LogP contribution in [0.2, 0.25) is 0 Å². The molecular formula is C15H20F2N2O2. The molecule has 1 heterocycles. The van der Waals surface area contributed by atoms with Crippen molar-refractivity contribution in [3.05, 3.63) is 29.8 Å². The number of alkyl halides is 2. The van der Waals surface area contributed by atoms with Crippen molar-refractivity contribution in [2.75, 3.05) is 19.6 Å². The lowest BCUT2D eigenvalue weighted by Crippen LogP contribution is -2.42. The second kappa shape index (κ2) is 6.85. The van der Waals surface area contributed by atoms with Gasteiger partial charge < -0.3 is 15.4 Å². The number of piperidine rings is 1. The molecule has 1 aliphatic rings. The Morgan fingerprint density at radius 3 is 2.52 bits per heavy atom. The van der Waals surface area contributed by atoms with Gasteiger partial charge in [-0.3, -0.25) is 4.79 Å². The molecule has 0 spiro atoms. The molecule has 0 unspecified atom stereocenters. The van der Waals surface area contributed by atoms with Gasteiger partial charge in [-0.05, 0) is 55.6 Å². The molecule has 1 aliphatic heterocycles. The lowest BCUT2D eigenvalue weighted by atomic mass is 9.81. The molecule has 1 amide bonds. The molecule has 0 atom stereocenters. The number of amides is 1. The van der Waals surface area contributed by atoms with E-state index in [0.717, 1.165) is 25.9 Å². The molecule has 1 aromatic rings. The van der Waals surface area contributed by atoms with Crippen LogP contribution in [-0.2, 0) is 0 Å². The van der Waals surface area contributed by atoms with Gasteiger partial charge in [-0.15, -0.1) is 0 Å². The molecule has 0 radical (unpaired) electrons. The van der Waals surface area contributed by atoms with Crippen molar-refractivity contribution in [2.24, 2.45) is 5.41 Å². The number of hydrogen-bond acceptors (Lipinski definition) is 3. The molecule has 1 saturated heterocycles. The van der Waals surface area contributed by atoms with E-state index in [9.17, 15) is 13.6 Å². The number of benzene rings is 1. The second-order valence-electron chi connectivity index (χ2n) is 5.65. The SMILES string of the molecule is CC1(CNC(=O)c2ccc(OC(F)F)cc2)CCNCC1. The van der Waals surface area contributed by atoms with Crippen LogP contribution in [0.1, 0.15) is 30.1 Å². The molecule has 116 valence electrons. The topological polar surface area (TPSA) is 50.4 Å². The number of ether oxygens (including phenoxy) is 1. The Kier molecular flexibility index (Phi) is 5.12. The number of nitrogens with one attached hydrogen (secondary N) is 2. The number of carbonyl (C=O) groups is 1. The normalized spacial score (nSPS) is 17.5. The Morgan fingerprint density at radius 1 is 1.33 bits per heavy atom. The molecule has 6 heteroatoms. The van der Waals surface area contributed by atoms with Crippen LogP contribution in [0.15, 0.2) is 24.3 Å². The monoisotopic (exact) mass is 298 g/mol. The van der Waals surface area contributed by atoms with Gasteiger partial charge in [0.05, 0.1) is 0 Å². The first-order valence-corrected chi connectivity index (χ1v) is 7.02. The van der Waals surface area contributed by atoms with Crippen LogP contribution < -0.4 is 15.4 Å². The highest BCUT2D eigenvalue weighted by Gasteiger charge is 2.27. The van der Waals surface area contributed by atoms with Crippen molar-refractivity contribution in [1.82, 2.24) is 10.6 Å². The third-order valence-corrected chi connectivity index (χ3v) is 3.83. The number of carbonyl (C=O) groups excluding carboxylic acids is 1. The van der Waals surface area contributed by atoms with Crippen molar-refractivity contribution in [1.29, 1.82) is 0 Å². The van der Waals surface area contributed by atoms with Crippen LogP contribution in [-0.4, -0.2) is 32.2 Å². The molecule has 1 fully saturated rings. The molecule has 4 nitrogen and oxygen atoms in total. The summed E-state index contributed by atoms with van der Waals surface area (Å²) in [6.45, 7) is 1.85. The van der Waals surface area contributed by atoms with Crippen LogP contribution in [0.3, 0.4) is 0 Å². The van der Waals surface area contributed by atoms with Crippen molar-refractivity contribution >= 4 is 5.91 Å². The summed E-state index contributed by atoms with van der Waals surface area (Å²) < 4.78 is 28.3. The first-order valence-electron chi connectivity index (χ1n) is 7.02. The summed E-state index contributed by atoms with van der Waals surface area (Å²) in [6.07, 6.45) is 2.04. The second-order valence-corrected chi connectivity index (χ2v) is 5.65. The summed E-state index contributed by atoms with van der Waals surface area (Å²) in [5.41, 5.74) is 0.550. The number of halogens is 2. The van der Waals surface area contributed by atoms with Gasteiger partial charge in [-0.25, -0.2) is 0 Å². The fourth-order valence-electron chi connectivity index (χ4n) is 2.39. The Labute approximate surface area is 122 Å². The Balaban J connectivity index is 1.88. The third kappa shape index (κ3) is 4.67. The smallest absolute Gasteiger partial charge is 0.387 e. The van der Waals surface area contributed by atoms with Crippen LogP contribution in [0, 0.1) is 5.41 Å². The maximum Gasteiger partial charge on any atom is 0.387 e. The fraction of sp³-hybridized carbons (Fsp3) is 0.533. The zero-order chi connectivity index (χ0) is 15.3. The summed E-state index contributed by atoms with van der Waals surface area (Å²) in [6, 6.07) is 5.70. The molecular weight excluding hydrogens is 278 g/mol. The zero-order valence-electron chi connectivity index (χ0n) is 12.0. The minimum absolute atomic E-state index is 0.0480. The first-order chi connectivity index (χ1) is 9.98. The number of hydrogen-bond donors (Lipinski definition) is 2. The first kappa shape index (κ1) is 15.7. The molecule has 0 aliphatic carbocycles.